The molecule has 1 aliphatic heterocycles. The normalized spacial score (nSPS) is 35.4. The summed E-state index contributed by atoms with van der Waals surface area (Å²) >= 11 is 0. The molecule has 1 heterocycles. The Labute approximate surface area is 74.2 Å². The number of fused-ring (bicyclic) bond motifs is 1. The van der Waals surface area contributed by atoms with Gasteiger partial charge >= 0.3 is 0 Å². The Morgan fingerprint density at radius 2 is 1.83 bits per heavy atom. The van der Waals surface area contributed by atoms with Crippen LogP contribution in [0.2, 0.25) is 0 Å². The molecule has 0 amide bonds. The summed E-state index contributed by atoms with van der Waals surface area (Å²) in [6, 6.07) is 0. The van der Waals surface area contributed by atoms with Crippen molar-refractivity contribution >= 4 is 0 Å². The molecule has 12 heavy (non-hydrogen) atoms. The zero-order chi connectivity index (χ0) is 8.39. The van der Waals surface area contributed by atoms with Gasteiger partial charge in [-0.15, -0.1) is 0 Å². The van der Waals surface area contributed by atoms with E-state index < -0.39 is 0 Å². The van der Waals surface area contributed by atoms with E-state index in [0.29, 0.717) is 0 Å². The lowest BCUT2D eigenvalue weighted by Crippen LogP contribution is -2.39. The molecule has 2 heteroatoms. The van der Waals surface area contributed by atoms with Crippen LogP contribution in [0.1, 0.15) is 32.1 Å². The Balaban J connectivity index is 1.95. The molecule has 0 aromatic carbocycles. The number of hydrogen-bond acceptors (Lipinski definition) is 2. The summed E-state index contributed by atoms with van der Waals surface area (Å²) in [5.74, 6) is 1.79. The van der Waals surface area contributed by atoms with Gasteiger partial charge in [-0.25, -0.2) is 0 Å². The Kier molecular flexibility index (Phi) is 2.21. The number of nitriles is 1. The lowest BCUT2D eigenvalue weighted by atomic mass is 9.75. The molecule has 0 spiro atoms. The van der Waals surface area contributed by atoms with Crippen LogP contribution in [0, 0.1) is 23.3 Å². The molecule has 2 atom stereocenters. The number of rotatable bonds is 0. The summed E-state index contributed by atoms with van der Waals surface area (Å²) in [5, 5.41) is 8.76. The first kappa shape index (κ1) is 7.91. The Hall–Kier alpha value is -0.710. The molecule has 0 radical (unpaired) electrons. The van der Waals surface area contributed by atoms with Crippen molar-refractivity contribution in [1.29, 1.82) is 5.26 Å². The van der Waals surface area contributed by atoms with Crippen molar-refractivity contribution in [3.63, 3.8) is 0 Å². The van der Waals surface area contributed by atoms with E-state index in [4.69, 9.17) is 5.26 Å². The largest absolute Gasteiger partial charge is 0.310 e. The number of likely N-dealkylation sites (tertiary alicyclic amines) is 1. The summed E-state index contributed by atoms with van der Waals surface area (Å²) in [4.78, 5) is 1.94. The second-order valence-electron chi connectivity index (χ2n) is 4.14. The van der Waals surface area contributed by atoms with Crippen molar-refractivity contribution in [3.8, 4) is 6.19 Å². The SMILES string of the molecule is N#CN1CCC2CCCCC2C1. The summed E-state index contributed by atoms with van der Waals surface area (Å²) in [6.07, 6.45) is 9.13. The predicted octanol–water partition coefficient (Wildman–Crippen LogP) is 1.98. The first-order valence-electron chi connectivity index (χ1n) is 5.05. The van der Waals surface area contributed by atoms with Crippen LogP contribution < -0.4 is 0 Å². The van der Waals surface area contributed by atoms with E-state index >= 15 is 0 Å². The first-order chi connectivity index (χ1) is 5.90. The monoisotopic (exact) mass is 164 g/mol. The minimum absolute atomic E-state index is 0.840. The van der Waals surface area contributed by atoms with Crippen molar-refractivity contribution in [2.45, 2.75) is 32.1 Å². The van der Waals surface area contributed by atoms with Crippen LogP contribution in [-0.4, -0.2) is 18.0 Å². The topological polar surface area (TPSA) is 27.0 Å². The van der Waals surface area contributed by atoms with E-state index in [-0.39, 0.29) is 0 Å². The quantitative estimate of drug-likeness (QED) is 0.512. The van der Waals surface area contributed by atoms with Crippen LogP contribution in [0.15, 0.2) is 0 Å². The molecule has 2 fully saturated rings. The summed E-state index contributed by atoms with van der Waals surface area (Å²) in [5.41, 5.74) is 0. The second-order valence-corrected chi connectivity index (χ2v) is 4.14. The molecule has 0 N–H and O–H groups in total. The maximum absolute atomic E-state index is 8.76. The van der Waals surface area contributed by atoms with E-state index in [1.54, 1.807) is 0 Å². The fourth-order valence-corrected chi connectivity index (χ4v) is 2.69. The Morgan fingerprint density at radius 1 is 1.08 bits per heavy atom. The molecular formula is C10H16N2. The second kappa shape index (κ2) is 3.35. The first-order valence-corrected chi connectivity index (χ1v) is 5.05. The highest BCUT2D eigenvalue weighted by atomic mass is 15.1. The fraction of sp³-hybridized carbons (Fsp3) is 0.900. The van der Waals surface area contributed by atoms with E-state index in [1.165, 1.54) is 32.1 Å². The smallest absolute Gasteiger partial charge is 0.179 e. The van der Waals surface area contributed by atoms with E-state index in [1.807, 2.05) is 4.90 Å². The molecule has 1 saturated heterocycles. The molecule has 2 aliphatic rings. The van der Waals surface area contributed by atoms with Gasteiger partial charge in [0, 0.05) is 13.1 Å². The van der Waals surface area contributed by atoms with Crippen molar-refractivity contribution in [1.82, 2.24) is 4.90 Å². The summed E-state index contributed by atoms with van der Waals surface area (Å²) in [6.45, 7) is 2.05. The molecule has 2 nitrogen and oxygen atoms in total. The van der Waals surface area contributed by atoms with Gasteiger partial charge in [-0.05, 0) is 24.7 Å². The third kappa shape index (κ3) is 1.41. The molecule has 2 unspecified atom stereocenters. The van der Waals surface area contributed by atoms with Crippen LogP contribution in [0.4, 0.5) is 0 Å². The van der Waals surface area contributed by atoms with Gasteiger partial charge in [0.15, 0.2) is 6.19 Å². The highest BCUT2D eigenvalue weighted by molar-refractivity contribution is 4.87. The molecule has 2 rings (SSSR count). The third-order valence-electron chi connectivity index (χ3n) is 3.43. The molecular weight excluding hydrogens is 148 g/mol. The van der Waals surface area contributed by atoms with Crippen molar-refractivity contribution in [3.05, 3.63) is 0 Å². The minimum atomic E-state index is 0.840. The Morgan fingerprint density at radius 3 is 2.58 bits per heavy atom. The van der Waals surface area contributed by atoms with Gasteiger partial charge in [-0.2, -0.15) is 5.26 Å². The zero-order valence-electron chi connectivity index (χ0n) is 7.50. The summed E-state index contributed by atoms with van der Waals surface area (Å²) in [7, 11) is 0. The van der Waals surface area contributed by atoms with Gasteiger partial charge in [0.05, 0.1) is 0 Å². The van der Waals surface area contributed by atoms with Crippen molar-refractivity contribution in [2.75, 3.05) is 13.1 Å². The maximum atomic E-state index is 8.76. The minimum Gasteiger partial charge on any atom is -0.310 e. The average molecular weight is 164 g/mol. The zero-order valence-corrected chi connectivity index (χ0v) is 7.50. The molecule has 0 bridgehead atoms. The maximum Gasteiger partial charge on any atom is 0.179 e. The Bertz CT molecular complexity index is 195. The molecule has 1 saturated carbocycles. The van der Waals surface area contributed by atoms with Gasteiger partial charge < -0.3 is 4.90 Å². The lowest BCUT2D eigenvalue weighted by molar-refractivity contribution is 0.123. The van der Waals surface area contributed by atoms with Crippen LogP contribution in [-0.2, 0) is 0 Å². The van der Waals surface area contributed by atoms with Crippen molar-refractivity contribution in [2.24, 2.45) is 11.8 Å². The third-order valence-corrected chi connectivity index (χ3v) is 3.43. The van der Waals surface area contributed by atoms with E-state index in [9.17, 15) is 0 Å². The van der Waals surface area contributed by atoms with Gasteiger partial charge in [0.25, 0.3) is 0 Å². The van der Waals surface area contributed by atoms with Crippen LogP contribution in [0.5, 0.6) is 0 Å². The van der Waals surface area contributed by atoms with E-state index in [0.717, 1.165) is 24.9 Å². The fourth-order valence-electron chi connectivity index (χ4n) is 2.69. The van der Waals surface area contributed by atoms with Gasteiger partial charge in [0.2, 0.25) is 0 Å². The van der Waals surface area contributed by atoms with Gasteiger partial charge in [-0.3, -0.25) is 0 Å². The molecule has 1 aliphatic carbocycles. The average Bonchev–Trinajstić information content (AvgIpc) is 2.17. The van der Waals surface area contributed by atoms with Crippen LogP contribution in [0.25, 0.3) is 0 Å². The van der Waals surface area contributed by atoms with Gasteiger partial charge in [0.1, 0.15) is 0 Å². The molecule has 66 valence electrons. The van der Waals surface area contributed by atoms with E-state index in [2.05, 4.69) is 6.19 Å². The molecule has 0 aromatic heterocycles. The number of hydrogen-bond donors (Lipinski definition) is 0. The number of nitrogens with zero attached hydrogens (tertiary/aromatic N) is 2. The standard InChI is InChI=1S/C10H16N2/c11-8-12-6-5-9-3-1-2-4-10(9)7-12/h9-10H,1-7H2. The highest BCUT2D eigenvalue weighted by Crippen LogP contribution is 2.35. The highest BCUT2D eigenvalue weighted by Gasteiger charge is 2.30. The molecule has 0 aromatic rings. The van der Waals surface area contributed by atoms with Crippen LogP contribution in [0.3, 0.4) is 0 Å². The lowest BCUT2D eigenvalue weighted by Gasteiger charge is -2.38. The van der Waals surface area contributed by atoms with Crippen molar-refractivity contribution < 1.29 is 0 Å². The predicted molar refractivity (Wildman–Crippen MR) is 47.3 cm³/mol. The van der Waals surface area contributed by atoms with Gasteiger partial charge in [-0.1, -0.05) is 19.3 Å². The summed E-state index contributed by atoms with van der Waals surface area (Å²) < 4.78 is 0. The van der Waals surface area contributed by atoms with Crippen LogP contribution >= 0.6 is 0 Å². The number of piperidine rings is 1.